The second-order valence-electron chi connectivity index (χ2n) is 5.33. The second kappa shape index (κ2) is 6.66. The summed E-state index contributed by atoms with van der Waals surface area (Å²) < 4.78 is 0. The van der Waals surface area contributed by atoms with Crippen molar-refractivity contribution in [3.8, 4) is 0 Å². The average Bonchev–Trinajstić information content (AvgIpc) is 2.45. The highest BCUT2D eigenvalue weighted by molar-refractivity contribution is 5.77. The molecule has 0 saturated carbocycles. The summed E-state index contributed by atoms with van der Waals surface area (Å²) in [5.74, 6) is 0.236. The van der Waals surface area contributed by atoms with Crippen LogP contribution in [0.3, 0.4) is 0 Å². The number of likely N-dealkylation sites (tertiary alicyclic amines) is 1. The van der Waals surface area contributed by atoms with Gasteiger partial charge >= 0.3 is 0 Å². The smallest absolute Gasteiger partial charge is 0.223 e. The molecular formula is C15H23N3O. The van der Waals surface area contributed by atoms with E-state index in [2.05, 4.69) is 11.9 Å². The van der Waals surface area contributed by atoms with Gasteiger partial charge in [-0.15, -0.1) is 0 Å². The second-order valence-corrected chi connectivity index (χ2v) is 5.33. The predicted molar refractivity (Wildman–Crippen MR) is 75.6 cm³/mol. The zero-order valence-corrected chi connectivity index (χ0v) is 11.6. The van der Waals surface area contributed by atoms with Crippen LogP contribution in [0.25, 0.3) is 0 Å². The van der Waals surface area contributed by atoms with Crippen molar-refractivity contribution >= 4 is 5.91 Å². The van der Waals surface area contributed by atoms with Gasteiger partial charge in [0.2, 0.25) is 5.91 Å². The van der Waals surface area contributed by atoms with E-state index in [1.807, 2.05) is 17.0 Å². The SMILES string of the molecule is CC1CCCC(CN)N1C(=O)CCc1ccncc1. The molecule has 1 saturated heterocycles. The van der Waals surface area contributed by atoms with Gasteiger partial charge in [0.15, 0.2) is 0 Å². The highest BCUT2D eigenvalue weighted by Gasteiger charge is 2.30. The molecule has 0 aromatic carbocycles. The molecule has 2 rings (SSSR count). The summed E-state index contributed by atoms with van der Waals surface area (Å²) in [5, 5.41) is 0. The third kappa shape index (κ3) is 3.53. The van der Waals surface area contributed by atoms with Crippen molar-refractivity contribution in [2.45, 2.75) is 51.1 Å². The topological polar surface area (TPSA) is 59.2 Å². The van der Waals surface area contributed by atoms with E-state index in [9.17, 15) is 4.79 Å². The van der Waals surface area contributed by atoms with Gasteiger partial charge in [-0.3, -0.25) is 9.78 Å². The number of hydrogen-bond acceptors (Lipinski definition) is 3. The van der Waals surface area contributed by atoms with Gasteiger partial charge in [0.05, 0.1) is 0 Å². The number of amides is 1. The number of aromatic nitrogens is 1. The summed E-state index contributed by atoms with van der Waals surface area (Å²) in [7, 11) is 0. The van der Waals surface area contributed by atoms with E-state index >= 15 is 0 Å². The Morgan fingerprint density at radius 3 is 2.84 bits per heavy atom. The number of pyridine rings is 1. The first-order valence-corrected chi connectivity index (χ1v) is 7.12. The number of carbonyl (C=O) groups excluding carboxylic acids is 1. The van der Waals surface area contributed by atoms with Crippen LogP contribution < -0.4 is 5.73 Å². The van der Waals surface area contributed by atoms with Crippen molar-refractivity contribution in [3.63, 3.8) is 0 Å². The third-order valence-corrected chi connectivity index (χ3v) is 3.96. The van der Waals surface area contributed by atoms with Crippen LogP contribution in [0.1, 0.15) is 38.2 Å². The molecule has 2 heterocycles. The van der Waals surface area contributed by atoms with E-state index in [0.717, 1.165) is 24.8 Å². The van der Waals surface area contributed by atoms with Gasteiger partial charge in [0.1, 0.15) is 0 Å². The summed E-state index contributed by atoms with van der Waals surface area (Å²) >= 11 is 0. The lowest BCUT2D eigenvalue weighted by Crippen LogP contribution is -2.51. The third-order valence-electron chi connectivity index (χ3n) is 3.96. The Morgan fingerprint density at radius 2 is 2.16 bits per heavy atom. The van der Waals surface area contributed by atoms with Crippen LogP contribution in [0, 0.1) is 0 Å². The molecule has 0 spiro atoms. The molecular weight excluding hydrogens is 238 g/mol. The fourth-order valence-corrected chi connectivity index (χ4v) is 2.90. The van der Waals surface area contributed by atoms with Crippen molar-refractivity contribution in [2.75, 3.05) is 6.54 Å². The molecule has 0 aliphatic carbocycles. The van der Waals surface area contributed by atoms with Crippen LogP contribution >= 0.6 is 0 Å². The standard InChI is InChI=1S/C15H23N3O/c1-12-3-2-4-14(11-16)18(12)15(19)6-5-13-7-9-17-10-8-13/h7-10,12,14H,2-6,11,16H2,1H3. The number of piperidine rings is 1. The molecule has 1 fully saturated rings. The molecule has 2 N–H and O–H groups in total. The van der Waals surface area contributed by atoms with Crippen molar-refractivity contribution in [2.24, 2.45) is 5.73 Å². The number of aryl methyl sites for hydroxylation is 1. The largest absolute Gasteiger partial charge is 0.336 e. The number of rotatable bonds is 4. The highest BCUT2D eigenvalue weighted by atomic mass is 16.2. The van der Waals surface area contributed by atoms with Gasteiger partial charge in [-0.2, -0.15) is 0 Å². The monoisotopic (exact) mass is 261 g/mol. The van der Waals surface area contributed by atoms with Crippen molar-refractivity contribution < 1.29 is 4.79 Å². The van der Waals surface area contributed by atoms with Crippen LogP contribution in [0.4, 0.5) is 0 Å². The summed E-state index contributed by atoms with van der Waals surface area (Å²) in [6, 6.07) is 4.49. The summed E-state index contributed by atoms with van der Waals surface area (Å²) in [6.07, 6.45) is 8.20. The molecule has 104 valence electrons. The minimum atomic E-state index is 0.230. The van der Waals surface area contributed by atoms with E-state index in [1.54, 1.807) is 12.4 Å². The van der Waals surface area contributed by atoms with Crippen LogP contribution in [-0.4, -0.2) is 34.4 Å². The molecule has 1 aliphatic heterocycles. The molecule has 2 unspecified atom stereocenters. The maximum atomic E-state index is 12.4. The fourth-order valence-electron chi connectivity index (χ4n) is 2.90. The van der Waals surface area contributed by atoms with E-state index in [-0.39, 0.29) is 11.9 Å². The first-order valence-electron chi connectivity index (χ1n) is 7.12. The van der Waals surface area contributed by atoms with Crippen molar-refractivity contribution in [1.29, 1.82) is 0 Å². The Bertz CT molecular complexity index is 407. The maximum Gasteiger partial charge on any atom is 0.223 e. The van der Waals surface area contributed by atoms with E-state index in [1.165, 1.54) is 6.42 Å². The van der Waals surface area contributed by atoms with E-state index < -0.39 is 0 Å². The molecule has 19 heavy (non-hydrogen) atoms. The molecule has 0 bridgehead atoms. The number of nitrogens with zero attached hydrogens (tertiary/aromatic N) is 2. The van der Waals surface area contributed by atoms with Crippen LogP contribution in [0.5, 0.6) is 0 Å². The number of carbonyl (C=O) groups is 1. The van der Waals surface area contributed by atoms with Crippen molar-refractivity contribution in [1.82, 2.24) is 9.88 Å². The van der Waals surface area contributed by atoms with Crippen LogP contribution in [0.15, 0.2) is 24.5 Å². The molecule has 1 aromatic heterocycles. The van der Waals surface area contributed by atoms with Crippen LogP contribution in [-0.2, 0) is 11.2 Å². The van der Waals surface area contributed by atoms with Crippen molar-refractivity contribution in [3.05, 3.63) is 30.1 Å². The molecule has 0 radical (unpaired) electrons. The van der Waals surface area contributed by atoms with Gasteiger partial charge in [-0.1, -0.05) is 0 Å². The Kier molecular flexibility index (Phi) is 4.91. The number of nitrogens with two attached hydrogens (primary N) is 1. The summed E-state index contributed by atoms with van der Waals surface area (Å²) in [4.78, 5) is 18.4. The van der Waals surface area contributed by atoms with Gasteiger partial charge < -0.3 is 10.6 Å². The van der Waals surface area contributed by atoms with Gasteiger partial charge in [-0.05, 0) is 50.3 Å². The lowest BCUT2D eigenvalue weighted by atomic mass is 9.95. The van der Waals surface area contributed by atoms with E-state index in [4.69, 9.17) is 5.73 Å². The Labute approximate surface area is 115 Å². The first kappa shape index (κ1) is 14.0. The zero-order valence-electron chi connectivity index (χ0n) is 11.6. The van der Waals surface area contributed by atoms with Gasteiger partial charge in [0, 0.05) is 37.4 Å². The van der Waals surface area contributed by atoms with Crippen LogP contribution in [0.2, 0.25) is 0 Å². The molecule has 4 heteroatoms. The summed E-state index contributed by atoms with van der Waals surface area (Å²) in [5.41, 5.74) is 6.96. The summed E-state index contributed by atoms with van der Waals surface area (Å²) in [6.45, 7) is 2.71. The normalized spacial score (nSPS) is 23.4. The predicted octanol–water partition coefficient (Wildman–Crippen LogP) is 1.74. The van der Waals surface area contributed by atoms with Gasteiger partial charge in [-0.25, -0.2) is 0 Å². The Balaban J connectivity index is 1.94. The molecule has 1 aliphatic rings. The first-order chi connectivity index (χ1) is 9.22. The minimum absolute atomic E-state index is 0.230. The Morgan fingerprint density at radius 1 is 1.42 bits per heavy atom. The molecule has 1 amide bonds. The zero-order chi connectivity index (χ0) is 13.7. The van der Waals surface area contributed by atoms with E-state index in [0.29, 0.717) is 19.0 Å². The molecule has 2 atom stereocenters. The highest BCUT2D eigenvalue weighted by Crippen LogP contribution is 2.23. The molecule has 1 aromatic rings. The maximum absolute atomic E-state index is 12.4. The van der Waals surface area contributed by atoms with Gasteiger partial charge in [0.25, 0.3) is 0 Å². The number of hydrogen-bond donors (Lipinski definition) is 1. The fraction of sp³-hybridized carbons (Fsp3) is 0.600. The average molecular weight is 261 g/mol. The lowest BCUT2D eigenvalue weighted by Gasteiger charge is -2.40. The lowest BCUT2D eigenvalue weighted by molar-refractivity contribution is -0.137. The Hall–Kier alpha value is -1.42. The minimum Gasteiger partial charge on any atom is -0.336 e. The molecule has 4 nitrogen and oxygen atoms in total. The quantitative estimate of drug-likeness (QED) is 0.898.